The standard InChI is InChI=1S/C20H21NO5/c1-3-21(11-15-4-9-18-19(10-15)26-13-25-18)20(23)12-24-17-7-5-16(6-8-17)14(2)22/h4-10H,3,11-13H2,1-2H3. The van der Waals surface area contributed by atoms with Crippen molar-refractivity contribution in [3.05, 3.63) is 53.6 Å². The van der Waals surface area contributed by atoms with Crippen LogP contribution in [0.5, 0.6) is 17.2 Å². The van der Waals surface area contributed by atoms with Gasteiger partial charge in [0.05, 0.1) is 0 Å². The third-order valence-corrected chi connectivity index (χ3v) is 4.17. The predicted octanol–water partition coefficient (Wildman–Crippen LogP) is 3.05. The Kier molecular flexibility index (Phi) is 5.41. The number of amides is 1. The van der Waals surface area contributed by atoms with Crippen molar-refractivity contribution in [1.82, 2.24) is 4.90 Å². The minimum atomic E-state index is -0.110. The van der Waals surface area contributed by atoms with E-state index in [0.29, 0.717) is 30.2 Å². The molecule has 0 unspecified atom stereocenters. The normalized spacial score (nSPS) is 11.9. The topological polar surface area (TPSA) is 65.1 Å². The Morgan fingerprint density at radius 3 is 2.50 bits per heavy atom. The molecule has 0 aliphatic carbocycles. The van der Waals surface area contributed by atoms with Gasteiger partial charge in [0.1, 0.15) is 5.75 Å². The second-order valence-electron chi connectivity index (χ2n) is 5.96. The average Bonchev–Trinajstić information content (AvgIpc) is 3.12. The van der Waals surface area contributed by atoms with Crippen LogP contribution in [0, 0.1) is 0 Å². The summed E-state index contributed by atoms with van der Waals surface area (Å²) < 4.78 is 16.2. The lowest BCUT2D eigenvalue weighted by Crippen LogP contribution is -2.34. The number of likely N-dealkylation sites (N-methyl/N-ethyl adjacent to an activating group) is 1. The van der Waals surface area contributed by atoms with E-state index in [9.17, 15) is 9.59 Å². The van der Waals surface area contributed by atoms with Gasteiger partial charge in [0.2, 0.25) is 6.79 Å². The first kappa shape index (κ1) is 17.8. The van der Waals surface area contributed by atoms with Crippen LogP contribution in [0.2, 0.25) is 0 Å². The molecule has 3 rings (SSSR count). The van der Waals surface area contributed by atoms with Crippen LogP contribution in [-0.4, -0.2) is 36.5 Å². The summed E-state index contributed by atoms with van der Waals surface area (Å²) in [7, 11) is 0. The summed E-state index contributed by atoms with van der Waals surface area (Å²) in [5.41, 5.74) is 1.58. The van der Waals surface area contributed by atoms with E-state index in [2.05, 4.69) is 0 Å². The van der Waals surface area contributed by atoms with Crippen molar-refractivity contribution >= 4 is 11.7 Å². The number of carbonyl (C=O) groups excluding carboxylic acids is 2. The van der Waals surface area contributed by atoms with E-state index in [1.54, 1.807) is 29.2 Å². The van der Waals surface area contributed by atoms with Gasteiger partial charge in [-0.25, -0.2) is 0 Å². The van der Waals surface area contributed by atoms with Crippen molar-refractivity contribution in [2.24, 2.45) is 0 Å². The van der Waals surface area contributed by atoms with Crippen molar-refractivity contribution in [2.45, 2.75) is 20.4 Å². The Balaban J connectivity index is 1.57. The van der Waals surface area contributed by atoms with Crippen LogP contribution in [0.25, 0.3) is 0 Å². The number of carbonyl (C=O) groups is 2. The fourth-order valence-corrected chi connectivity index (χ4v) is 2.66. The van der Waals surface area contributed by atoms with Gasteiger partial charge < -0.3 is 19.1 Å². The van der Waals surface area contributed by atoms with Gasteiger partial charge >= 0.3 is 0 Å². The first-order valence-electron chi connectivity index (χ1n) is 8.47. The van der Waals surface area contributed by atoms with Crippen LogP contribution in [0.3, 0.4) is 0 Å². The van der Waals surface area contributed by atoms with E-state index in [0.717, 1.165) is 11.3 Å². The molecule has 0 N–H and O–H groups in total. The molecule has 6 heteroatoms. The maximum absolute atomic E-state index is 12.5. The van der Waals surface area contributed by atoms with Gasteiger partial charge in [-0.05, 0) is 55.8 Å². The van der Waals surface area contributed by atoms with Gasteiger partial charge in [0, 0.05) is 18.7 Å². The van der Waals surface area contributed by atoms with Crippen molar-refractivity contribution in [3.8, 4) is 17.2 Å². The lowest BCUT2D eigenvalue weighted by atomic mass is 10.1. The molecule has 26 heavy (non-hydrogen) atoms. The van der Waals surface area contributed by atoms with Crippen LogP contribution in [-0.2, 0) is 11.3 Å². The third-order valence-electron chi connectivity index (χ3n) is 4.17. The predicted molar refractivity (Wildman–Crippen MR) is 95.6 cm³/mol. The van der Waals surface area contributed by atoms with Gasteiger partial charge in [-0.2, -0.15) is 0 Å². The van der Waals surface area contributed by atoms with E-state index in [-0.39, 0.29) is 25.1 Å². The molecule has 136 valence electrons. The smallest absolute Gasteiger partial charge is 0.260 e. The zero-order valence-electron chi connectivity index (χ0n) is 14.9. The molecule has 1 aliphatic heterocycles. The van der Waals surface area contributed by atoms with Gasteiger partial charge in [0.25, 0.3) is 5.91 Å². The van der Waals surface area contributed by atoms with E-state index in [1.807, 2.05) is 25.1 Å². The molecular weight excluding hydrogens is 334 g/mol. The lowest BCUT2D eigenvalue weighted by Gasteiger charge is -2.21. The van der Waals surface area contributed by atoms with E-state index < -0.39 is 0 Å². The Morgan fingerprint density at radius 1 is 1.08 bits per heavy atom. The third kappa shape index (κ3) is 4.14. The summed E-state index contributed by atoms with van der Waals surface area (Å²) in [6.45, 7) is 4.64. The first-order valence-corrected chi connectivity index (χ1v) is 8.47. The highest BCUT2D eigenvalue weighted by Crippen LogP contribution is 2.32. The highest BCUT2D eigenvalue weighted by molar-refractivity contribution is 5.94. The van der Waals surface area contributed by atoms with Gasteiger partial charge in [-0.1, -0.05) is 6.07 Å². The number of ketones is 1. The minimum absolute atomic E-state index is 0.00601. The largest absolute Gasteiger partial charge is 0.484 e. The molecule has 6 nitrogen and oxygen atoms in total. The van der Waals surface area contributed by atoms with Crippen molar-refractivity contribution < 1.29 is 23.8 Å². The molecule has 0 saturated carbocycles. The molecule has 0 bridgehead atoms. The molecule has 0 aromatic heterocycles. The number of benzene rings is 2. The number of hydrogen-bond donors (Lipinski definition) is 0. The number of fused-ring (bicyclic) bond motifs is 1. The number of rotatable bonds is 7. The van der Waals surface area contributed by atoms with E-state index in [4.69, 9.17) is 14.2 Å². The van der Waals surface area contributed by atoms with Crippen LogP contribution in [0.1, 0.15) is 29.8 Å². The Hall–Kier alpha value is -3.02. The number of hydrogen-bond acceptors (Lipinski definition) is 5. The molecule has 0 spiro atoms. The van der Waals surface area contributed by atoms with Crippen LogP contribution in [0.4, 0.5) is 0 Å². The maximum atomic E-state index is 12.5. The summed E-state index contributed by atoms with van der Waals surface area (Å²) in [5.74, 6) is 1.87. The summed E-state index contributed by atoms with van der Waals surface area (Å²) in [6, 6.07) is 12.4. The summed E-state index contributed by atoms with van der Waals surface area (Å²) in [4.78, 5) is 25.4. The van der Waals surface area contributed by atoms with E-state index >= 15 is 0 Å². The molecule has 0 atom stereocenters. The number of Topliss-reactive ketones (excluding diaryl/α,β-unsaturated/α-hetero) is 1. The second-order valence-corrected chi connectivity index (χ2v) is 5.96. The molecule has 2 aromatic rings. The Labute approximate surface area is 152 Å². The van der Waals surface area contributed by atoms with Crippen molar-refractivity contribution in [1.29, 1.82) is 0 Å². The molecule has 0 saturated heterocycles. The maximum Gasteiger partial charge on any atom is 0.260 e. The molecule has 1 heterocycles. The van der Waals surface area contributed by atoms with Gasteiger partial charge in [0.15, 0.2) is 23.9 Å². The summed E-state index contributed by atoms with van der Waals surface area (Å²) in [5, 5.41) is 0. The van der Waals surface area contributed by atoms with Crippen molar-refractivity contribution in [3.63, 3.8) is 0 Å². The highest BCUT2D eigenvalue weighted by atomic mass is 16.7. The lowest BCUT2D eigenvalue weighted by molar-refractivity contribution is -0.133. The molecule has 0 fully saturated rings. The fraction of sp³-hybridized carbons (Fsp3) is 0.300. The molecule has 2 aromatic carbocycles. The van der Waals surface area contributed by atoms with Crippen LogP contribution in [0.15, 0.2) is 42.5 Å². The minimum Gasteiger partial charge on any atom is -0.484 e. The zero-order valence-corrected chi connectivity index (χ0v) is 14.9. The molecule has 1 amide bonds. The number of ether oxygens (including phenoxy) is 3. The number of nitrogens with zero attached hydrogens (tertiary/aromatic N) is 1. The summed E-state index contributed by atoms with van der Waals surface area (Å²) >= 11 is 0. The first-order chi connectivity index (χ1) is 12.6. The van der Waals surface area contributed by atoms with Crippen LogP contribution < -0.4 is 14.2 Å². The summed E-state index contributed by atoms with van der Waals surface area (Å²) in [6.07, 6.45) is 0. The average molecular weight is 355 g/mol. The van der Waals surface area contributed by atoms with Crippen molar-refractivity contribution in [2.75, 3.05) is 19.9 Å². The SMILES string of the molecule is CCN(Cc1ccc2c(c1)OCO2)C(=O)COc1ccc(C(C)=O)cc1. The molecule has 0 radical (unpaired) electrons. The highest BCUT2D eigenvalue weighted by Gasteiger charge is 2.17. The molecular formula is C20H21NO5. The monoisotopic (exact) mass is 355 g/mol. The quantitative estimate of drug-likeness (QED) is 0.714. The van der Waals surface area contributed by atoms with Crippen LogP contribution >= 0.6 is 0 Å². The fourth-order valence-electron chi connectivity index (χ4n) is 2.66. The molecule has 1 aliphatic rings. The second kappa shape index (κ2) is 7.91. The zero-order chi connectivity index (χ0) is 18.5. The van der Waals surface area contributed by atoms with Gasteiger partial charge in [-0.3, -0.25) is 9.59 Å². The van der Waals surface area contributed by atoms with E-state index in [1.165, 1.54) is 6.92 Å². The van der Waals surface area contributed by atoms with Gasteiger partial charge in [-0.15, -0.1) is 0 Å². The Bertz CT molecular complexity index is 800. The Morgan fingerprint density at radius 2 is 1.81 bits per heavy atom.